The summed E-state index contributed by atoms with van der Waals surface area (Å²) in [5, 5.41) is 2.37. The van der Waals surface area contributed by atoms with Gasteiger partial charge in [-0.15, -0.1) is 0 Å². The van der Waals surface area contributed by atoms with Crippen LogP contribution in [0, 0.1) is 0 Å². The minimum Gasteiger partial charge on any atom is -0.298 e. The average molecular weight is 270 g/mol. The van der Waals surface area contributed by atoms with E-state index in [4.69, 9.17) is 0 Å². The molecule has 1 aromatic carbocycles. The number of carbonyl (C=O) groups is 2. The highest BCUT2D eigenvalue weighted by Crippen LogP contribution is 2.25. The molecule has 4 heteroatoms. The van der Waals surface area contributed by atoms with Crippen molar-refractivity contribution in [2.75, 3.05) is 13.1 Å². The van der Waals surface area contributed by atoms with E-state index in [0.717, 1.165) is 43.6 Å². The maximum absolute atomic E-state index is 11.7. The van der Waals surface area contributed by atoms with Gasteiger partial charge in [0.25, 0.3) is 5.91 Å². The van der Waals surface area contributed by atoms with Crippen LogP contribution in [-0.4, -0.2) is 29.8 Å². The molecular weight excluding hydrogens is 252 g/mol. The number of rotatable bonds is 2. The Morgan fingerprint density at radius 2 is 1.75 bits per heavy atom. The summed E-state index contributed by atoms with van der Waals surface area (Å²) in [4.78, 5) is 25.3. The molecule has 3 rings (SSSR count). The molecule has 1 aromatic rings. The maximum atomic E-state index is 11.7. The van der Waals surface area contributed by atoms with E-state index in [2.05, 4.69) is 34.5 Å². The highest BCUT2D eigenvalue weighted by molar-refractivity contribution is 6.13. The van der Waals surface area contributed by atoms with Gasteiger partial charge in [-0.05, 0) is 18.4 Å². The first-order valence-corrected chi connectivity index (χ1v) is 7.04. The summed E-state index contributed by atoms with van der Waals surface area (Å²) in [6, 6.07) is 10.4. The molecule has 0 aliphatic carbocycles. The summed E-state index contributed by atoms with van der Waals surface area (Å²) in [6.07, 6.45) is 2.05. The molecule has 1 N–H and O–H groups in total. The van der Waals surface area contributed by atoms with Gasteiger partial charge in [0.1, 0.15) is 0 Å². The Labute approximate surface area is 118 Å². The number of imide groups is 1. The van der Waals surface area contributed by atoms with Crippen molar-refractivity contribution in [3.63, 3.8) is 0 Å². The first-order chi connectivity index (χ1) is 9.72. The Morgan fingerprint density at radius 1 is 1.05 bits per heavy atom. The molecule has 2 aliphatic heterocycles. The standard InChI is InChI=1S/C16H18N2O2/c19-15-10-14(16(20)17-15)13-6-8-18(9-7-13)11-12-4-2-1-3-5-12/h1-5H,6-11H2,(H,17,19,20). The lowest BCUT2D eigenvalue weighted by Crippen LogP contribution is -2.31. The number of likely N-dealkylation sites (tertiary alicyclic amines) is 1. The summed E-state index contributed by atoms with van der Waals surface area (Å²) in [6.45, 7) is 2.86. The fourth-order valence-electron chi connectivity index (χ4n) is 2.90. The molecule has 0 spiro atoms. The minimum atomic E-state index is -0.179. The molecule has 0 atom stereocenters. The number of hydrogen-bond acceptors (Lipinski definition) is 3. The minimum absolute atomic E-state index is 0.163. The fourth-order valence-corrected chi connectivity index (χ4v) is 2.90. The third-order valence-corrected chi connectivity index (χ3v) is 4.00. The van der Waals surface area contributed by atoms with Crippen LogP contribution in [0.2, 0.25) is 0 Å². The van der Waals surface area contributed by atoms with Gasteiger partial charge in [-0.2, -0.15) is 0 Å². The highest BCUT2D eigenvalue weighted by Gasteiger charge is 2.28. The van der Waals surface area contributed by atoms with E-state index in [9.17, 15) is 9.59 Å². The third-order valence-electron chi connectivity index (χ3n) is 4.00. The predicted octanol–water partition coefficient (Wildman–Crippen LogP) is 1.63. The summed E-state index contributed by atoms with van der Waals surface area (Å²) in [7, 11) is 0. The summed E-state index contributed by atoms with van der Waals surface area (Å²) >= 11 is 0. The Hall–Kier alpha value is -1.94. The second kappa shape index (κ2) is 5.59. The first kappa shape index (κ1) is 13.1. The molecule has 2 fully saturated rings. The largest absolute Gasteiger partial charge is 0.298 e. The average Bonchev–Trinajstić information content (AvgIpc) is 2.80. The summed E-state index contributed by atoms with van der Waals surface area (Å²) in [5.74, 6) is -0.342. The van der Waals surface area contributed by atoms with Crippen LogP contribution in [0.3, 0.4) is 0 Å². The number of carbonyl (C=O) groups excluding carboxylic acids is 2. The lowest BCUT2D eigenvalue weighted by atomic mass is 9.96. The molecule has 4 nitrogen and oxygen atoms in total. The van der Waals surface area contributed by atoms with Crippen LogP contribution in [0.4, 0.5) is 0 Å². The quantitative estimate of drug-likeness (QED) is 0.656. The molecule has 20 heavy (non-hydrogen) atoms. The normalized spacial score (nSPS) is 20.4. The lowest BCUT2D eigenvalue weighted by molar-refractivity contribution is -0.124. The van der Waals surface area contributed by atoms with Crippen LogP contribution in [-0.2, 0) is 16.1 Å². The van der Waals surface area contributed by atoms with Gasteiger partial charge in [-0.3, -0.25) is 19.8 Å². The molecule has 0 unspecified atom stereocenters. The van der Waals surface area contributed by atoms with Crippen molar-refractivity contribution in [1.29, 1.82) is 0 Å². The third kappa shape index (κ3) is 2.80. The van der Waals surface area contributed by atoms with Gasteiger partial charge >= 0.3 is 0 Å². The Bertz CT molecular complexity index is 553. The number of hydrogen-bond donors (Lipinski definition) is 1. The van der Waals surface area contributed by atoms with Gasteiger partial charge in [0.2, 0.25) is 5.91 Å². The number of piperidine rings is 1. The first-order valence-electron chi connectivity index (χ1n) is 7.04. The van der Waals surface area contributed by atoms with Crippen molar-refractivity contribution < 1.29 is 9.59 Å². The van der Waals surface area contributed by atoms with Gasteiger partial charge in [-0.25, -0.2) is 0 Å². The molecule has 0 radical (unpaired) electrons. The monoisotopic (exact) mass is 270 g/mol. The summed E-state index contributed by atoms with van der Waals surface area (Å²) in [5.41, 5.74) is 3.20. The van der Waals surface area contributed by atoms with Crippen molar-refractivity contribution in [3.8, 4) is 0 Å². The van der Waals surface area contributed by atoms with Gasteiger partial charge < -0.3 is 0 Å². The van der Waals surface area contributed by atoms with E-state index in [1.54, 1.807) is 0 Å². The number of benzene rings is 1. The zero-order valence-electron chi connectivity index (χ0n) is 11.4. The van der Waals surface area contributed by atoms with Gasteiger partial charge in [0.05, 0.1) is 6.42 Å². The van der Waals surface area contributed by atoms with E-state index in [0.29, 0.717) is 0 Å². The predicted molar refractivity (Wildman–Crippen MR) is 75.7 cm³/mol. The highest BCUT2D eigenvalue weighted by atomic mass is 16.2. The van der Waals surface area contributed by atoms with Crippen molar-refractivity contribution in [1.82, 2.24) is 10.2 Å². The lowest BCUT2D eigenvalue weighted by Gasteiger charge is -2.29. The van der Waals surface area contributed by atoms with Crippen molar-refractivity contribution in [2.24, 2.45) is 0 Å². The smallest absolute Gasteiger partial charge is 0.254 e. The van der Waals surface area contributed by atoms with E-state index < -0.39 is 0 Å². The Kier molecular flexibility index (Phi) is 3.65. The maximum Gasteiger partial charge on any atom is 0.254 e. The molecule has 2 amide bonds. The van der Waals surface area contributed by atoms with E-state index in [-0.39, 0.29) is 18.2 Å². The zero-order valence-corrected chi connectivity index (χ0v) is 11.4. The van der Waals surface area contributed by atoms with Crippen LogP contribution in [0.1, 0.15) is 24.8 Å². The number of nitrogens with one attached hydrogen (secondary N) is 1. The fraction of sp³-hybridized carbons (Fsp3) is 0.375. The molecular formula is C16H18N2O2. The molecule has 2 heterocycles. The van der Waals surface area contributed by atoms with Gasteiger partial charge in [0.15, 0.2) is 0 Å². The van der Waals surface area contributed by atoms with E-state index >= 15 is 0 Å². The van der Waals surface area contributed by atoms with Crippen LogP contribution in [0.25, 0.3) is 0 Å². The van der Waals surface area contributed by atoms with Gasteiger partial charge in [0, 0.05) is 25.2 Å². The number of amides is 2. The summed E-state index contributed by atoms with van der Waals surface area (Å²) < 4.78 is 0. The number of nitrogens with zero attached hydrogens (tertiary/aromatic N) is 1. The topological polar surface area (TPSA) is 49.4 Å². The second-order valence-corrected chi connectivity index (χ2v) is 5.40. The van der Waals surface area contributed by atoms with Crippen LogP contribution < -0.4 is 5.32 Å². The molecule has 0 aromatic heterocycles. The Morgan fingerprint density at radius 3 is 2.35 bits per heavy atom. The van der Waals surface area contributed by atoms with Crippen molar-refractivity contribution in [2.45, 2.75) is 25.8 Å². The molecule has 104 valence electrons. The van der Waals surface area contributed by atoms with Crippen LogP contribution >= 0.6 is 0 Å². The molecule has 0 bridgehead atoms. The molecule has 2 saturated heterocycles. The SMILES string of the molecule is O=C1CC(=C2CCN(Cc3ccccc3)CC2)C(=O)N1. The van der Waals surface area contributed by atoms with Crippen molar-refractivity contribution in [3.05, 3.63) is 47.0 Å². The van der Waals surface area contributed by atoms with Crippen LogP contribution in [0.15, 0.2) is 41.5 Å². The zero-order chi connectivity index (χ0) is 13.9. The Balaban J connectivity index is 1.61. The van der Waals surface area contributed by atoms with Crippen LogP contribution in [0.5, 0.6) is 0 Å². The van der Waals surface area contributed by atoms with Crippen molar-refractivity contribution >= 4 is 11.8 Å². The molecule has 0 saturated carbocycles. The second-order valence-electron chi connectivity index (χ2n) is 5.40. The van der Waals surface area contributed by atoms with Gasteiger partial charge in [-0.1, -0.05) is 35.9 Å². The molecule has 2 aliphatic rings. The van der Waals surface area contributed by atoms with E-state index in [1.807, 2.05) is 6.07 Å². The van der Waals surface area contributed by atoms with E-state index in [1.165, 1.54) is 5.56 Å².